The van der Waals surface area contributed by atoms with Gasteiger partial charge in [-0.3, -0.25) is 15.0 Å². The Morgan fingerprint density at radius 1 is 1.06 bits per heavy atom. The SMILES string of the molecule is Cc1ccc(-n2nc(C(=O)NN3C(=O)NC(C)(c4ccccc4)C3=O)c3c2CCC3)cc1. The molecule has 2 N–H and O–H groups in total. The zero-order valence-electron chi connectivity index (χ0n) is 17.9. The number of nitrogens with zero attached hydrogens (tertiary/aromatic N) is 3. The van der Waals surface area contributed by atoms with E-state index in [1.54, 1.807) is 35.9 Å². The fourth-order valence-electron chi connectivity index (χ4n) is 4.38. The van der Waals surface area contributed by atoms with Crippen LogP contribution in [0.15, 0.2) is 54.6 Å². The Bertz CT molecular complexity index is 1230. The number of hydrazine groups is 1. The summed E-state index contributed by atoms with van der Waals surface area (Å²) in [7, 11) is 0. The Labute approximate surface area is 185 Å². The van der Waals surface area contributed by atoms with Crippen LogP contribution in [0.5, 0.6) is 0 Å². The van der Waals surface area contributed by atoms with E-state index in [2.05, 4.69) is 15.8 Å². The molecule has 5 rings (SSSR count). The van der Waals surface area contributed by atoms with Gasteiger partial charge in [-0.15, -0.1) is 0 Å². The van der Waals surface area contributed by atoms with Crippen LogP contribution in [-0.4, -0.2) is 32.6 Å². The Morgan fingerprint density at radius 3 is 2.50 bits per heavy atom. The molecule has 0 radical (unpaired) electrons. The molecule has 1 fully saturated rings. The second-order valence-corrected chi connectivity index (χ2v) is 8.38. The molecule has 0 saturated carbocycles. The van der Waals surface area contributed by atoms with Gasteiger partial charge < -0.3 is 5.32 Å². The number of fused-ring (bicyclic) bond motifs is 1. The maximum absolute atomic E-state index is 13.1. The predicted octanol–water partition coefficient (Wildman–Crippen LogP) is 2.78. The summed E-state index contributed by atoms with van der Waals surface area (Å²) in [5.74, 6) is -1.12. The van der Waals surface area contributed by atoms with Crippen LogP contribution in [-0.2, 0) is 23.2 Å². The van der Waals surface area contributed by atoms with Gasteiger partial charge in [0.2, 0.25) is 0 Å². The number of hydrogen-bond acceptors (Lipinski definition) is 4. The van der Waals surface area contributed by atoms with E-state index in [4.69, 9.17) is 0 Å². The van der Waals surface area contributed by atoms with Crippen LogP contribution in [0.2, 0.25) is 0 Å². The molecule has 1 aliphatic heterocycles. The lowest BCUT2D eigenvalue weighted by Crippen LogP contribution is -2.48. The summed E-state index contributed by atoms with van der Waals surface area (Å²) >= 11 is 0. The van der Waals surface area contributed by atoms with E-state index in [0.29, 0.717) is 5.56 Å². The normalized spacial score (nSPS) is 19.8. The van der Waals surface area contributed by atoms with Crippen molar-refractivity contribution >= 4 is 17.8 Å². The average Bonchev–Trinajstić information content (AvgIpc) is 3.46. The lowest BCUT2D eigenvalue weighted by molar-refractivity contribution is -0.132. The number of amides is 4. The van der Waals surface area contributed by atoms with E-state index >= 15 is 0 Å². The molecule has 1 saturated heterocycles. The highest BCUT2D eigenvalue weighted by Gasteiger charge is 2.50. The highest BCUT2D eigenvalue weighted by Crippen LogP contribution is 2.30. The molecule has 2 heterocycles. The van der Waals surface area contributed by atoms with Crippen LogP contribution in [0.4, 0.5) is 4.79 Å². The zero-order valence-corrected chi connectivity index (χ0v) is 17.9. The summed E-state index contributed by atoms with van der Waals surface area (Å²) in [5.41, 5.74) is 5.97. The first-order valence-corrected chi connectivity index (χ1v) is 10.6. The minimum Gasteiger partial charge on any atom is -0.318 e. The summed E-state index contributed by atoms with van der Waals surface area (Å²) in [6.07, 6.45) is 2.47. The molecule has 1 aromatic heterocycles. The van der Waals surface area contributed by atoms with Crippen molar-refractivity contribution in [2.75, 3.05) is 0 Å². The third-order valence-electron chi connectivity index (χ3n) is 6.18. The molecule has 32 heavy (non-hydrogen) atoms. The number of rotatable bonds is 4. The number of urea groups is 1. The number of benzene rings is 2. The van der Waals surface area contributed by atoms with Crippen molar-refractivity contribution in [3.8, 4) is 5.69 Å². The van der Waals surface area contributed by atoms with Gasteiger partial charge in [0.15, 0.2) is 5.69 Å². The second-order valence-electron chi connectivity index (χ2n) is 8.38. The highest BCUT2D eigenvalue weighted by molar-refractivity contribution is 6.09. The summed E-state index contributed by atoms with van der Waals surface area (Å²) < 4.78 is 1.79. The van der Waals surface area contributed by atoms with Crippen molar-refractivity contribution in [3.63, 3.8) is 0 Å². The molecular formula is C24H23N5O3. The largest absolute Gasteiger partial charge is 0.344 e. The lowest BCUT2D eigenvalue weighted by atomic mass is 9.92. The smallest absolute Gasteiger partial charge is 0.318 e. The maximum atomic E-state index is 13.1. The molecule has 4 amide bonds. The minimum absolute atomic E-state index is 0.243. The molecule has 162 valence electrons. The van der Waals surface area contributed by atoms with Crippen molar-refractivity contribution in [3.05, 3.63) is 82.7 Å². The quantitative estimate of drug-likeness (QED) is 0.624. The summed E-state index contributed by atoms with van der Waals surface area (Å²) in [6.45, 7) is 3.63. The van der Waals surface area contributed by atoms with Gasteiger partial charge in [0.1, 0.15) is 5.54 Å². The van der Waals surface area contributed by atoms with Gasteiger partial charge in [0.05, 0.1) is 5.69 Å². The van der Waals surface area contributed by atoms with Crippen LogP contribution in [0.1, 0.15) is 46.2 Å². The molecule has 8 heteroatoms. The van der Waals surface area contributed by atoms with E-state index in [0.717, 1.165) is 46.8 Å². The molecule has 3 aromatic rings. The average molecular weight is 429 g/mol. The summed E-state index contributed by atoms with van der Waals surface area (Å²) in [5, 5.41) is 7.99. The van der Waals surface area contributed by atoms with Gasteiger partial charge >= 0.3 is 6.03 Å². The third kappa shape index (κ3) is 3.07. The first kappa shape index (κ1) is 20.0. The van der Waals surface area contributed by atoms with Crippen LogP contribution in [0, 0.1) is 6.92 Å². The van der Waals surface area contributed by atoms with Crippen LogP contribution >= 0.6 is 0 Å². The van der Waals surface area contributed by atoms with Gasteiger partial charge in [0.25, 0.3) is 11.8 Å². The van der Waals surface area contributed by atoms with Gasteiger partial charge in [-0.1, -0.05) is 48.0 Å². The fraction of sp³-hybridized carbons (Fsp3) is 0.250. The fourth-order valence-corrected chi connectivity index (χ4v) is 4.38. The number of imide groups is 1. The van der Waals surface area contributed by atoms with Crippen molar-refractivity contribution in [2.24, 2.45) is 0 Å². The molecule has 1 aliphatic carbocycles. The lowest BCUT2D eigenvalue weighted by Gasteiger charge is -2.22. The number of hydrogen-bond donors (Lipinski definition) is 2. The Hall–Kier alpha value is -3.94. The monoisotopic (exact) mass is 429 g/mol. The topological polar surface area (TPSA) is 96.3 Å². The number of carbonyl (C=O) groups is 3. The minimum atomic E-state index is -1.26. The molecule has 1 unspecified atom stereocenters. The van der Waals surface area contributed by atoms with Crippen LogP contribution in [0.3, 0.4) is 0 Å². The molecule has 8 nitrogen and oxygen atoms in total. The number of carbonyl (C=O) groups excluding carboxylic acids is 3. The van der Waals surface area contributed by atoms with E-state index in [9.17, 15) is 14.4 Å². The summed E-state index contributed by atoms with van der Waals surface area (Å²) in [6, 6.07) is 16.2. The molecule has 0 bridgehead atoms. The van der Waals surface area contributed by atoms with Crippen LogP contribution < -0.4 is 10.7 Å². The van der Waals surface area contributed by atoms with Crippen molar-refractivity contribution in [1.29, 1.82) is 0 Å². The zero-order chi connectivity index (χ0) is 22.5. The maximum Gasteiger partial charge on any atom is 0.344 e. The van der Waals surface area contributed by atoms with Crippen LogP contribution in [0.25, 0.3) is 5.69 Å². The van der Waals surface area contributed by atoms with Gasteiger partial charge in [-0.2, -0.15) is 10.1 Å². The Kier molecular flexibility index (Phi) is 4.58. The second kappa shape index (κ2) is 7.33. The van der Waals surface area contributed by atoms with Crippen molar-refractivity contribution < 1.29 is 14.4 Å². The first-order valence-electron chi connectivity index (χ1n) is 10.6. The van der Waals surface area contributed by atoms with E-state index in [-0.39, 0.29) is 5.69 Å². The standard InChI is InChI=1S/C24H23N5O3/c1-15-11-13-17(14-12-15)28-19-10-6-9-18(19)20(26-28)21(30)27-29-22(31)24(2,25-23(29)32)16-7-4-3-5-8-16/h3-5,7-8,11-14H,6,9-10H2,1-2H3,(H,25,32)(H,27,30). The number of aryl methyl sites for hydroxylation is 1. The molecule has 1 atom stereocenters. The molecular weight excluding hydrogens is 406 g/mol. The summed E-state index contributed by atoms with van der Waals surface area (Å²) in [4.78, 5) is 38.8. The first-order chi connectivity index (χ1) is 15.4. The van der Waals surface area contributed by atoms with Gasteiger partial charge in [-0.25, -0.2) is 9.48 Å². The van der Waals surface area contributed by atoms with Gasteiger partial charge in [0, 0.05) is 11.3 Å². The predicted molar refractivity (Wildman–Crippen MR) is 117 cm³/mol. The molecule has 2 aromatic carbocycles. The van der Waals surface area contributed by atoms with Crippen molar-refractivity contribution in [2.45, 2.75) is 38.6 Å². The van der Waals surface area contributed by atoms with E-state index in [1.165, 1.54) is 0 Å². The molecule has 2 aliphatic rings. The number of aromatic nitrogens is 2. The Morgan fingerprint density at radius 2 is 1.78 bits per heavy atom. The Balaban J connectivity index is 1.44. The van der Waals surface area contributed by atoms with Crippen molar-refractivity contribution in [1.82, 2.24) is 25.5 Å². The molecule has 0 spiro atoms. The van der Waals surface area contributed by atoms with Gasteiger partial charge in [-0.05, 0) is 50.8 Å². The van der Waals surface area contributed by atoms with E-state index in [1.807, 2.05) is 37.3 Å². The van der Waals surface area contributed by atoms with E-state index < -0.39 is 23.4 Å². The highest BCUT2D eigenvalue weighted by atomic mass is 16.2. The number of nitrogens with one attached hydrogen (secondary N) is 2. The third-order valence-corrected chi connectivity index (χ3v) is 6.18.